The Kier molecular flexibility index (Phi) is 4.26. The number of benzene rings is 1. The summed E-state index contributed by atoms with van der Waals surface area (Å²) in [7, 11) is 0. The molecule has 4 rings (SSSR count). The summed E-state index contributed by atoms with van der Waals surface area (Å²) in [6, 6.07) is 9.27. The van der Waals surface area contributed by atoms with Gasteiger partial charge in [0.1, 0.15) is 17.1 Å². The molecule has 26 heavy (non-hydrogen) atoms. The molecule has 134 valence electrons. The van der Waals surface area contributed by atoms with Crippen LogP contribution in [0.1, 0.15) is 18.5 Å². The molecule has 1 aromatic carbocycles. The number of nitrogens with zero attached hydrogens (tertiary/aromatic N) is 4. The molecule has 1 aliphatic heterocycles. The number of carbonyl (C=O) groups is 1. The van der Waals surface area contributed by atoms with E-state index in [1.165, 1.54) is 11.2 Å². The highest BCUT2D eigenvalue weighted by atomic mass is 35.5. The van der Waals surface area contributed by atoms with Crippen LogP contribution in [0.3, 0.4) is 0 Å². The van der Waals surface area contributed by atoms with Gasteiger partial charge in [0, 0.05) is 11.9 Å². The molecular weight excluding hydrogens is 356 g/mol. The maximum absolute atomic E-state index is 11.6. The predicted octanol–water partition coefficient (Wildman–Crippen LogP) is 3.51. The van der Waals surface area contributed by atoms with Gasteiger partial charge in [-0.3, -0.25) is 4.90 Å². The van der Waals surface area contributed by atoms with Gasteiger partial charge in [-0.1, -0.05) is 23.7 Å². The average Bonchev–Trinajstić information content (AvgIpc) is 3.07. The second kappa shape index (κ2) is 6.59. The van der Waals surface area contributed by atoms with Crippen LogP contribution in [0.4, 0.5) is 4.79 Å². The van der Waals surface area contributed by atoms with Gasteiger partial charge in [0.25, 0.3) is 0 Å². The zero-order valence-electron chi connectivity index (χ0n) is 14.0. The van der Waals surface area contributed by atoms with E-state index in [0.29, 0.717) is 18.3 Å². The Morgan fingerprint density at radius 1 is 1.27 bits per heavy atom. The van der Waals surface area contributed by atoms with Crippen LogP contribution in [-0.4, -0.2) is 49.9 Å². The summed E-state index contributed by atoms with van der Waals surface area (Å²) >= 11 is 6.10. The highest BCUT2D eigenvalue weighted by molar-refractivity contribution is 6.33. The number of rotatable bonds is 2. The van der Waals surface area contributed by atoms with Gasteiger partial charge >= 0.3 is 6.09 Å². The number of halogens is 1. The average molecular weight is 373 g/mol. The van der Waals surface area contributed by atoms with Gasteiger partial charge in [0.2, 0.25) is 0 Å². The molecule has 7 nitrogen and oxygen atoms in total. The summed E-state index contributed by atoms with van der Waals surface area (Å²) in [5, 5.41) is 10.7. The quantitative estimate of drug-likeness (QED) is 0.696. The van der Waals surface area contributed by atoms with Crippen molar-refractivity contribution in [1.82, 2.24) is 19.4 Å². The summed E-state index contributed by atoms with van der Waals surface area (Å²) in [6.07, 6.45) is 2.28. The van der Waals surface area contributed by atoms with E-state index in [2.05, 4.69) is 9.97 Å². The first kappa shape index (κ1) is 16.8. The lowest BCUT2D eigenvalue weighted by Gasteiger charge is -2.37. The third-order valence-corrected chi connectivity index (χ3v) is 4.90. The minimum atomic E-state index is -0.933. The van der Waals surface area contributed by atoms with Crippen LogP contribution in [0, 0.1) is 0 Å². The highest BCUT2D eigenvalue weighted by Gasteiger charge is 2.31. The molecule has 0 aliphatic carbocycles. The summed E-state index contributed by atoms with van der Waals surface area (Å²) < 4.78 is 7.57. The van der Waals surface area contributed by atoms with E-state index in [9.17, 15) is 9.90 Å². The van der Waals surface area contributed by atoms with Crippen molar-refractivity contribution in [3.05, 3.63) is 53.6 Å². The Hall–Kier alpha value is -2.64. The second-order valence-corrected chi connectivity index (χ2v) is 6.63. The molecule has 1 aliphatic rings. The van der Waals surface area contributed by atoms with Gasteiger partial charge in [0.05, 0.1) is 30.7 Å². The lowest BCUT2D eigenvalue weighted by Crippen LogP contribution is -2.46. The van der Waals surface area contributed by atoms with Crippen LogP contribution < -0.4 is 0 Å². The first-order valence-corrected chi connectivity index (χ1v) is 8.61. The first-order chi connectivity index (χ1) is 12.5. The van der Waals surface area contributed by atoms with E-state index in [1.54, 1.807) is 0 Å². The third-order valence-electron chi connectivity index (χ3n) is 4.60. The van der Waals surface area contributed by atoms with Crippen LogP contribution in [0.2, 0.25) is 5.15 Å². The van der Waals surface area contributed by atoms with Crippen LogP contribution in [-0.2, 0) is 4.74 Å². The minimum Gasteiger partial charge on any atom is -0.465 e. The summed E-state index contributed by atoms with van der Waals surface area (Å²) in [5.74, 6) is 0. The molecule has 0 radical (unpaired) electrons. The first-order valence-electron chi connectivity index (χ1n) is 8.23. The number of carboxylic acid groups (broad SMARTS) is 1. The fraction of sp³-hybridized carbons (Fsp3) is 0.278. The molecular formula is C18H17ClN4O3. The molecule has 2 aromatic heterocycles. The molecule has 0 saturated carbocycles. The largest absolute Gasteiger partial charge is 0.465 e. The van der Waals surface area contributed by atoms with Crippen molar-refractivity contribution in [2.24, 2.45) is 0 Å². The maximum Gasteiger partial charge on any atom is 0.407 e. The zero-order valence-corrected chi connectivity index (χ0v) is 14.8. The Morgan fingerprint density at radius 2 is 2.04 bits per heavy atom. The zero-order chi connectivity index (χ0) is 18.3. The molecule has 3 heterocycles. The van der Waals surface area contributed by atoms with Crippen molar-refractivity contribution in [1.29, 1.82) is 0 Å². The van der Waals surface area contributed by atoms with Gasteiger partial charge < -0.3 is 14.4 Å². The second-order valence-electron chi connectivity index (χ2n) is 6.27. The number of aromatic nitrogens is 3. The van der Waals surface area contributed by atoms with E-state index in [4.69, 9.17) is 16.3 Å². The predicted molar refractivity (Wildman–Crippen MR) is 96.8 cm³/mol. The standard InChI is InChI=1S/C18H17ClN4O3/c1-11-8-23(18(24)25)15(9-26-11)12-2-4-13(5-3-12)22-7-6-14-16(19)20-10-21-17(14)22/h2-7,10-11,15H,8-9H2,1H3,(H,24,25)/t11-,15-/m1/s1. The van der Waals surface area contributed by atoms with Crippen LogP contribution in [0.5, 0.6) is 0 Å². The molecule has 1 saturated heterocycles. The topological polar surface area (TPSA) is 80.5 Å². The number of hydrogen-bond acceptors (Lipinski definition) is 4. The normalized spacial score (nSPS) is 20.5. The van der Waals surface area contributed by atoms with Crippen molar-refractivity contribution < 1.29 is 14.6 Å². The fourth-order valence-corrected chi connectivity index (χ4v) is 3.47. The van der Waals surface area contributed by atoms with Crippen molar-refractivity contribution >= 4 is 28.7 Å². The molecule has 8 heteroatoms. The molecule has 1 fully saturated rings. The molecule has 3 aromatic rings. The maximum atomic E-state index is 11.6. The van der Waals surface area contributed by atoms with Gasteiger partial charge in [-0.2, -0.15) is 0 Å². The lowest BCUT2D eigenvalue weighted by molar-refractivity contribution is -0.0465. The van der Waals surface area contributed by atoms with Crippen LogP contribution in [0.25, 0.3) is 16.7 Å². The Balaban J connectivity index is 1.66. The number of morpholine rings is 1. The van der Waals surface area contributed by atoms with Crippen molar-refractivity contribution in [3.63, 3.8) is 0 Å². The monoisotopic (exact) mass is 372 g/mol. The summed E-state index contributed by atoms with van der Waals surface area (Å²) in [4.78, 5) is 21.3. The molecule has 1 N–H and O–H groups in total. The minimum absolute atomic E-state index is 0.0997. The number of ether oxygens (including phenoxy) is 1. The van der Waals surface area contributed by atoms with Crippen molar-refractivity contribution in [3.8, 4) is 5.69 Å². The van der Waals surface area contributed by atoms with Crippen LogP contribution in [0.15, 0.2) is 42.9 Å². The number of amides is 1. The Bertz CT molecular complexity index is 957. The summed E-state index contributed by atoms with van der Waals surface area (Å²) in [6.45, 7) is 2.58. The van der Waals surface area contributed by atoms with Gasteiger partial charge in [-0.15, -0.1) is 0 Å². The smallest absolute Gasteiger partial charge is 0.407 e. The van der Waals surface area contributed by atoms with Gasteiger partial charge in [0.15, 0.2) is 0 Å². The molecule has 1 amide bonds. The number of fused-ring (bicyclic) bond motifs is 1. The number of hydrogen-bond donors (Lipinski definition) is 1. The lowest BCUT2D eigenvalue weighted by atomic mass is 10.0. The van der Waals surface area contributed by atoms with Gasteiger partial charge in [-0.05, 0) is 30.7 Å². The molecule has 0 unspecified atom stereocenters. The molecule has 0 bridgehead atoms. The Labute approximate surface area is 154 Å². The van der Waals surface area contributed by atoms with E-state index in [0.717, 1.165) is 22.3 Å². The third kappa shape index (κ3) is 2.89. The van der Waals surface area contributed by atoms with E-state index >= 15 is 0 Å². The van der Waals surface area contributed by atoms with E-state index < -0.39 is 6.09 Å². The summed E-state index contributed by atoms with van der Waals surface area (Å²) in [5.41, 5.74) is 2.53. The van der Waals surface area contributed by atoms with Crippen molar-refractivity contribution in [2.75, 3.05) is 13.2 Å². The Morgan fingerprint density at radius 3 is 2.77 bits per heavy atom. The van der Waals surface area contributed by atoms with E-state index in [-0.39, 0.29) is 12.1 Å². The molecule has 0 spiro atoms. The van der Waals surface area contributed by atoms with Gasteiger partial charge in [-0.25, -0.2) is 14.8 Å². The highest BCUT2D eigenvalue weighted by Crippen LogP contribution is 2.28. The van der Waals surface area contributed by atoms with E-state index in [1.807, 2.05) is 48.0 Å². The van der Waals surface area contributed by atoms with Crippen LogP contribution >= 0.6 is 11.6 Å². The molecule has 2 atom stereocenters. The van der Waals surface area contributed by atoms with Crippen molar-refractivity contribution in [2.45, 2.75) is 19.1 Å². The fourth-order valence-electron chi connectivity index (χ4n) is 3.28. The SMILES string of the molecule is C[C@@H]1CN(C(=O)O)[C@@H](c2ccc(-n3ccc4c(Cl)ncnc43)cc2)CO1.